The third-order valence-electron chi connectivity index (χ3n) is 6.12. The van der Waals surface area contributed by atoms with Gasteiger partial charge in [0.05, 0.1) is 5.38 Å². The Morgan fingerprint density at radius 3 is 3.10 bits per heavy atom. The fourth-order valence-corrected chi connectivity index (χ4v) is 5.57. The van der Waals surface area contributed by atoms with Crippen LogP contribution in [0.5, 0.6) is 11.5 Å². The van der Waals surface area contributed by atoms with Crippen LogP contribution < -0.4 is 4.74 Å². The first kappa shape index (κ1) is 12.4. The normalized spacial score (nSPS) is 42.6. The minimum atomic E-state index is -0.122. The second kappa shape index (κ2) is 3.76. The quantitative estimate of drug-likeness (QED) is 0.590. The highest BCUT2D eigenvalue weighted by Crippen LogP contribution is 2.62. The molecule has 2 heterocycles. The number of rotatable bonds is 0. The van der Waals surface area contributed by atoms with Gasteiger partial charge in [0.2, 0.25) is 0 Å². The zero-order chi connectivity index (χ0) is 14.4. The van der Waals surface area contributed by atoms with Crippen molar-refractivity contribution in [3.05, 3.63) is 35.4 Å². The maximum atomic E-state index is 10.2. The molecule has 1 aromatic carbocycles. The molecule has 2 aliphatic heterocycles. The van der Waals surface area contributed by atoms with Gasteiger partial charge < -0.3 is 14.7 Å². The van der Waals surface area contributed by atoms with Crippen LogP contribution in [0.2, 0.25) is 0 Å². The summed E-state index contributed by atoms with van der Waals surface area (Å²) in [6, 6.07) is 4.36. The Hall–Kier alpha value is -1.19. The number of ether oxygens (including phenoxy) is 1. The number of benzene rings is 1. The van der Waals surface area contributed by atoms with Gasteiger partial charge in [0.25, 0.3) is 0 Å². The summed E-state index contributed by atoms with van der Waals surface area (Å²) in [5.74, 6) is 1.39. The molecule has 4 heteroatoms. The van der Waals surface area contributed by atoms with E-state index < -0.39 is 0 Å². The standard InChI is InChI=1S/C17H18ClNO2/c1-19-7-6-17-10-3-4-11(18)16(17)21-15-13(20)5-2-9(14(15)17)8-12(10)19/h2-5,10-12,16,20H,6-8H2,1H3/t10-,11-,12+,16-,17-/m0/s1. The van der Waals surface area contributed by atoms with Gasteiger partial charge in [-0.25, -0.2) is 0 Å². The van der Waals surface area contributed by atoms with Gasteiger partial charge in [0.1, 0.15) is 6.10 Å². The van der Waals surface area contributed by atoms with Crippen molar-refractivity contribution >= 4 is 11.6 Å². The highest BCUT2D eigenvalue weighted by Gasteiger charge is 2.64. The van der Waals surface area contributed by atoms with E-state index in [4.69, 9.17) is 16.3 Å². The fraction of sp³-hybridized carbons (Fsp3) is 0.529. The van der Waals surface area contributed by atoms with Crippen molar-refractivity contribution in [1.29, 1.82) is 0 Å². The lowest BCUT2D eigenvalue weighted by Crippen LogP contribution is -2.64. The molecule has 1 aromatic rings. The zero-order valence-corrected chi connectivity index (χ0v) is 12.7. The summed E-state index contributed by atoms with van der Waals surface area (Å²) in [5.41, 5.74) is 2.54. The summed E-state index contributed by atoms with van der Waals surface area (Å²) < 4.78 is 6.21. The van der Waals surface area contributed by atoms with Gasteiger partial charge in [-0.2, -0.15) is 0 Å². The first-order chi connectivity index (χ1) is 10.1. The van der Waals surface area contributed by atoms with Crippen LogP contribution in [0.25, 0.3) is 0 Å². The van der Waals surface area contributed by atoms with E-state index in [9.17, 15) is 5.11 Å². The minimum absolute atomic E-state index is 0.0417. The molecule has 110 valence electrons. The number of hydrogen-bond donors (Lipinski definition) is 1. The van der Waals surface area contributed by atoms with E-state index in [0.717, 1.165) is 19.4 Å². The lowest BCUT2D eigenvalue weighted by Gasteiger charge is -2.56. The van der Waals surface area contributed by atoms with Gasteiger partial charge in [-0.1, -0.05) is 18.2 Å². The number of likely N-dealkylation sites (N-methyl/N-ethyl adjacent to an activating group) is 1. The van der Waals surface area contributed by atoms with Crippen molar-refractivity contribution in [1.82, 2.24) is 4.90 Å². The zero-order valence-electron chi connectivity index (χ0n) is 11.9. The first-order valence-corrected chi connectivity index (χ1v) is 8.11. The third-order valence-corrected chi connectivity index (χ3v) is 6.49. The molecule has 2 aliphatic carbocycles. The number of phenols is 1. The Morgan fingerprint density at radius 1 is 1.38 bits per heavy atom. The molecule has 5 atom stereocenters. The highest BCUT2D eigenvalue weighted by atomic mass is 35.5. The maximum absolute atomic E-state index is 10.2. The van der Waals surface area contributed by atoms with Crippen molar-refractivity contribution in [2.45, 2.75) is 35.8 Å². The smallest absolute Gasteiger partial charge is 0.165 e. The van der Waals surface area contributed by atoms with E-state index in [-0.39, 0.29) is 22.6 Å². The van der Waals surface area contributed by atoms with Gasteiger partial charge in [0.15, 0.2) is 11.5 Å². The number of aromatic hydroxyl groups is 1. The molecule has 1 N–H and O–H groups in total. The summed E-state index contributed by atoms with van der Waals surface area (Å²) >= 11 is 6.57. The van der Waals surface area contributed by atoms with Crippen LogP contribution in [0.15, 0.2) is 24.3 Å². The molecule has 21 heavy (non-hydrogen) atoms. The van der Waals surface area contributed by atoms with Crippen molar-refractivity contribution in [2.75, 3.05) is 13.6 Å². The number of alkyl halides is 1. The first-order valence-electron chi connectivity index (χ1n) is 7.67. The van der Waals surface area contributed by atoms with Crippen molar-refractivity contribution < 1.29 is 9.84 Å². The number of hydrogen-bond acceptors (Lipinski definition) is 3. The van der Waals surface area contributed by atoms with Gasteiger partial charge in [-0.3, -0.25) is 0 Å². The van der Waals surface area contributed by atoms with Gasteiger partial charge in [-0.05, 0) is 38.1 Å². The molecular formula is C17H18ClNO2. The SMILES string of the molecule is CN1CC[C@]23c4c5ccc(O)c4O[C@H]2[C@@H](Cl)C=C[C@H]3[C@H]1C5. The summed E-state index contributed by atoms with van der Waals surface area (Å²) in [4.78, 5) is 2.47. The molecule has 1 fully saturated rings. The van der Waals surface area contributed by atoms with Crippen molar-refractivity contribution in [3.8, 4) is 11.5 Å². The number of piperidine rings is 1. The van der Waals surface area contributed by atoms with Crippen LogP contribution in [0, 0.1) is 5.92 Å². The molecule has 1 saturated heterocycles. The molecule has 1 spiro atoms. The molecule has 5 rings (SSSR count). The van der Waals surface area contributed by atoms with Crippen LogP contribution in [0.4, 0.5) is 0 Å². The van der Waals surface area contributed by atoms with Crippen LogP contribution in [0.1, 0.15) is 17.5 Å². The number of nitrogens with zero attached hydrogens (tertiary/aromatic N) is 1. The largest absolute Gasteiger partial charge is 0.504 e. The van der Waals surface area contributed by atoms with Crippen molar-refractivity contribution in [2.24, 2.45) is 5.92 Å². The monoisotopic (exact) mass is 303 g/mol. The van der Waals surface area contributed by atoms with Crippen LogP contribution >= 0.6 is 11.6 Å². The average Bonchev–Trinajstić information content (AvgIpc) is 2.83. The molecule has 3 nitrogen and oxygen atoms in total. The second-order valence-corrected chi connectivity index (χ2v) is 7.39. The summed E-state index contributed by atoms with van der Waals surface area (Å²) in [7, 11) is 2.22. The summed E-state index contributed by atoms with van der Waals surface area (Å²) in [6.45, 7) is 1.06. The molecule has 0 aromatic heterocycles. The molecule has 0 amide bonds. The van der Waals surface area contributed by atoms with E-state index >= 15 is 0 Å². The lowest BCUT2D eigenvalue weighted by molar-refractivity contribution is 0.00341. The maximum Gasteiger partial charge on any atom is 0.165 e. The van der Waals surface area contributed by atoms with E-state index in [1.54, 1.807) is 6.07 Å². The van der Waals surface area contributed by atoms with Gasteiger partial charge in [-0.15, -0.1) is 11.6 Å². The number of likely N-dealkylation sites (tertiary alicyclic amines) is 1. The van der Waals surface area contributed by atoms with E-state index in [2.05, 4.69) is 30.2 Å². The topological polar surface area (TPSA) is 32.7 Å². The predicted molar refractivity (Wildman–Crippen MR) is 81.2 cm³/mol. The Kier molecular flexibility index (Phi) is 2.22. The third kappa shape index (κ3) is 1.27. The van der Waals surface area contributed by atoms with Crippen molar-refractivity contribution in [3.63, 3.8) is 0 Å². The Bertz CT molecular complexity index is 673. The Balaban J connectivity index is 1.84. The molecule has 0 saturated carbocycles. The van der Waals surface area contributed by atoms with E-state index in [0.29, 0.717) is 17.7 Å². The number of halogens is 1. The average molecular weight is 304 g/mol. The highest BCUT2D eigenvalue weighted by molar-refractivity contribution is 6.22. The van der Waals surface area contributed by atoms with Crippen LogP contribution in [0.3, 0.4) is 0 Å². The molecule has 2 bridgehead atoms. The Morgan fingerprint density at radius 2 is 2.24 bits per heavy atom. The van der Waals surface area contributed by atoms with Gasteiger partial charge in [0, 0.05) is 22.9 Å². The molecular weight excluding hydrogens is 286 g/mol. The Labute approximate surface area is 129 Å². The van der Waals surface area contributed by atoms with E-state index in [1.165, 1.54) is 11.1 Å². The summed E-state index contributed by atoms with van der Waals surface area (Å²) in [5, 5.41) is 10.1. The molecule has 0 radical (unpaired) electrons. The van der Waals surface area contributed by atoms with Crippen LogP contribution in [-0.2, 0) is 11.8 Å². The van der Waals surface area contributed by atoms with Gasteiger partial charge >= 0.3 is 0 Å². The minimum Gasteiger partial charge on any atom is -0.504 e. The lowest BCUT2D eigenvalue weighted by atomic mass is 9.53. The second-order valence-electron chi connectivity index (χ2n) is 6.88. The predicted octanol–water partition coefficient (Wildman–Crippen LogP) is 2.44. The van der Waals surface area contributed by atoms with Crippen LogP contribution in [-0.4, -0.2) is 41.1 Å². The van der Waals surface area contributed by atoms with E-state index in [1.807, 2.05) is 0 Å². The fourth-order valence-electron chi connectivity index (χ4n) is 5.21. The molecule has 4 aliphatic rings. The number of phenolic OH excluding ortho intramolecular Hbond substituents is 1. The molecule has 0 unspecified atom stereocenters. The summed E-state index contributed by atoms with van der Waals surface area (Å²) in [6.07, 6.45) is 6.42.